The highest BCUT2D eigenvalue weighted by atomic mass is 16.1. The molecule has 0 spiro atoms. The second-order valence-electron chi connectivity index (χ2n) is 4.39. The number of aryl methyl sites for hydroxylation is 2. The molecule has 0 atom stereocenters. The summed E-state index contributed by atoms with van der Waals surface area (Å²) in [5.74, 6) is -0.0855. The van der Waals surface area contributed by atoms with Crippen LogP contribution in [-0.2, 0) is 13.0 Å². The van der Waals surface area contributed by atoms with E-state index in [0.717, 1.165) is 23.4 Å². The summed E-state index contributed by atoms with van der Waals surface area (Å²) in [5, 5.41) is 2.84. The van der Waals surface area contributed by atoms with Crippen molar-refractivity contribution in [3.8, 4) is 0 Å². The molecule has 0 saturated heterocycles. The van der Waals surface area contributed by atoms with Gasteiger partial charge in [0.25, 0.3) is 5.91 Å². The van der Waals surface area contributed by atoms with Gasteiger partial charge in [0.2, 0.25) is 0 Å². The smallest absolute Gasteiger partial charge is 0.251 e. The fourth-order valence-electron chi connectivity index (χ4n) is 1.72. The topological polar surface area (TPSA) is 54.9 Å². The van der Waals surface area contributed by atoms with Crippen molar-refractivity contribution in [2.24, 2.45) is 0 Å². The molecule has 0 aliphatic carbocycles. The number of nitrogens with zero attached hydrogens (tertiary/aromatic N) is 2. The van der Waals surface area contributed by atoms with Crippen LogP contribution >= 0.6 is 0 Å². The number of nitrogens with one attached hydrogen (secondary N) is 1. The quantitative estimate of drug-likeness (QED) is 0.911. The van der Waals surface area contributed by atoms with Crippen molar-refractivity contribution < 1.29 is 4.79 Å². The van der Waals surface area contributed by atoms with E-state index in [-0.39, 0.29) is 5.91 Å². The molecule has 4 nitrogen and oxygen atoms in total. The summed E-state index contributed by atoms with van der Waals surface area (Å²) in [7, 11) is 0. The predicted octanol–water partition coefficient (Wildman–Crippen LogP) is 2.28. The lowest BCUT2D eigenvalue weighted by Crippen LogP contribution is -2.23. The maximum atomic E-state index is 12.0. The minimum Gasteiger partial charge on any atom is -0.346 e. The summed E-state index contributed by atoms with van der Waals surface area (Å²) in [6.45, 7) is 4.34. The summed E-state index contributed by atoms with van der Waals surface area (Å²) in [6, 6.07) is 7.65. The zero-order valence-corrected chi connectivity index (χ0v) is 11.2. The van der Waals surface area contributed by atoms with Crippen LogP contribution in [0.2, 0.25) is 0 Å². The molecule has 0 bridgehead atoms. The third-order valence-corrected chi connectivity index (χ3v) is 2.86. The zero-order chi connectivity index (χ0) is 13.7. The molecule has 1 amide bonds. The van der Waals surface area contributed by atoms with E-state index in [1.807, 2.05) is 31.2 Å². The highest BCUT2D eigenvalue weighted by Crippen LogP contribution is 2.06. The van der Waals surface area contributed by atoms with Gasteiger partial charge in [0, 0.05) is 11.8 Å². The van der Waals surface area contributed by atoms with E-state index in [1.165, 1.54) is 0 Å². The van der Waals surface area contributed by atoms with E-state index in [0.29, 0.717) is 12.1 Å². The average Bonchev–Trinajstić information content (AvgIpc) is 2.46. The van der Waals surface area contributed by atoms with Gasteiger partial charge in [0.05, 0.1) is 24.1 Å². The largest absolute Gasteiger partial charge is 0.346 e. The normalized spacial score (nSPS) is 10.2. The van der Waals surface area contributed by atoms with E-state index in [2.05, 4.69) is 22.2 Å². The first-order valence-corrected chi connectivity index (χ1v) is 6.33. The number of carbonyl (C=O) groups is 1. The zero-order valence-electron chi connectivity index (χ0n) is 11.2. The number of hydrogen-bond donors (Lipinski definition) is 1. The second kappa shape index (κ2) is 6.09. The monoisotopic (exact) mass is 255 g/mol. The molecular weight excluding hydrogens is 238 g/mol. The van der Waals surface area contributed by atoms with E-state index >= 15 is 0 Å². The van der Waals surface area contributed by atoms with Gasteiger partial charge in [0.15, 0.2) is 0 Å². The van der Waals surface area contributed by atoms with Crippen molar-refractivity contribution >= 4 is 5.91 Å². The van der Waals surface area contributed by atoms with Crippen LogP contribution < -0.4 is 5.32 Å². The summed E-state index contributed by atoms with van der Waals surface area (Å²) >= 11 is 0. The molecule has 0 aliphatic heterocycles. The Bertz CT molecular complexity index is 564. The van der Waals surface area contributed by atoms with Crippen molar-refractivity contribution in [1.29, 1.82) is 0 Å². The number of aromatic nitrogens is 2. The standard InChI is InChI=1S/C15H17N3O/c1-3-12-5-4-6-13(7-12)15(19)18-10-14-9-16-11(2)8-17-14/h4-9H,3,10H2,1-2H3,(H,18,19). The number of benzene rings is 1. The van der Waals surface area contributed by atoms with Crippen LogP contribution in [0.5, 0.6) is 0 Å². The van der Waals surface area contributed by atoms with Crippen LogP contribution in [-0.4, -0.2) is 15.9 Å². The Morgan fingerprint density at radius 2 is 2.11 bits per heavy atom. The average molecular weight is 255 g/mol. The third kappa shape index (κ3) is 3.61. The van der Waals surface area contributed by atoms with Gasteiger partial charge in [-0.1, -0.05) is 19.1 Å². The first-order chi connectivity index (χ1) is 9.19. The lowest BCUT2D eigenvalue weighted by molar-refractivity contribution is 0.0950. The fraction of sp³-hybridized carbons (Fsp3) is 0.267. The molecule has 1 aromatic heterocycles. The Balaban J connectivity index is 1.99. The molecule has 4 heteroatoms. The van der Waals surface area contributed by atoms with E-state index in [1.54, 1.807) is 12.4 Å². The Morgan fingerprint density at radius 1 is 1.26 bits per heavy atom. The number of rotatable bonds is 4. The Labute approximate surface area is 112 Å². The molecule has 1 heterocycles. The van der Waals surface area contributed by atoms with Crippen LogP contribution in [0.3, 0.4) is 0 Å². The van der Waals surface area contributed by atoms with Crippen molar-refractivity contribution in [3.63, 3.8) is 0 Å². The molecule has 2 rings (SSSR count). The molecule has 98 valence electrons. The van der Waals surface area contributed by atoms with Crippen LogP contribution in [0.15, 0.2) is 36.7 Å². The van der Waals surface area contributed by atoms with Gasteiger partial charge in [-0.25, -0.2) is 0 Å². The van der Waals surface area contributed by atoms with E-state index in [9.17, 15) is 4.79 Å². The van der Waals surface area contributed by atoms with Gasteiger partial charge in [-0.15, -0.1) is 0 Å². The van der Waals surface area contributed by atoms with Crippen molar-refractivity contribution in [3.05, 3.63) is 59.2 Å². The van der Waals surface area contributed by atoms with Crippen molar-refractivity contribution in [2.75, 3.05) is 0 Å². The van der Waals surface area contributed by atoms with E-state index < -0.39 is 0 Å². The highest BCUT2D eigenvalue weighted by molar-refractivity contribution is 5.94. The first kappa shape index (κ1) is 13.2. The molecule has 0 fully saturated rings. The second-order valence-corrected chi connectivity index (χ2v) is 4.39. The first-order valence-electron chi connectivity index (χ1n) is 6.33. The molecule has 0 radical (unpaired) electrons. The van der Waals surface area contributed by atoms with Gasteiger partial charge in [0.1, 0.15) is 0 Å². The van der Waals surface area contributed by atoms with Crippen molar-refractivity contribution in [2.45, 2.75) is 26.8 Å². The van der Waals surface area contributed by atoms with Crippen molar-refractivity contribution in [1.82, 2.24) is 15.3 Å². The van der Waals surface area contributed by atoms with Crippen LogP contribution in [0.4, 0.5) is 0 Å². The molecule has 0 saturated carbocycles. The third-order valence-electron chi connectivity index (χ3n) is 2.86. The summed E-state index contributed by atoms with van der Waals surface area (Å²) in [6.07, 6.45) is 4.29. The van der Waals surface area contributed by atoms with Crippen LogP contribution in [0, 0.1) is 6.92 Å². The molecule has 1 N–H and O–H groups in total. The molecule has 0 unspecified atom stereocenters. The Kier molecular flexibility index (Phi) is 4.23. The lowest BCUT2D eigenvalue weighted by atomic mass is 10.1. The molecule has 1 aromatic carbocycles. The molecule has 0 aliphatic rings. The lowest BCUT2D eigenvalue weighted by Gasteiger charge is -2.06. The van der Waals surface area contributed by atoms with Gasteiger partial charge in [-0.2, -0.15) is 0 Å². The Morgan fingerprint density at radius 3 is 2.79 bits per heavy atom. The highest BCUT2D eigenvalue weighted by Gasteiger charge is 2.06. The van der Waals surface area contributed by atoms with Crippen LogP contribution in [0.1, 0.15) is 34.2 Å². The summed E-state index contributed by atoms with van der Waals surface area (Å²) in [4.78, 5) is 20.3. The van der Waals surface area contributed by atoms with Gasteiger partial charge >= 0.3 is 0 Å². The van der Waals surface area contributed by atoms with Gasteiger partial charge in [-0.05, 0) is 31.0 Å². The maximum absolute atomic E-state index is 12.0. The molecule has 19 heavy (non-hydrogen) atoms. The summed E-state index contributed by atoms with van der Waals surface area (Å²) in [5.41, 5.74) is 3.46. The predicted molar refractivity (Wildman–Crippen MR) is 73.8 cm³/mol. The fourth-order valence-corrected chi connectivity index (χ4v) is 1.72. The van der Waals surface area contributed by atoms with Gasteiger partial charge in [-0.3, -0.25) is 14.8 Å². The number of carbonyl (C=O) groups excluding carboxylic acids is 1. The Hall–Kier alpha value is -2.23. The summed E-state index contributed by atoms with van der Waals surface area (Å²) < 4.78 is 0. The molecule has 2 aromatic rings. The number of hydrogen-bond acceptors (Lipinski definition) is 3. The van der Waals surface area contributed by atoms with Crippen LogP contribution in [0.25, 0.3) is 0 Å². The van der Waals surface area contributed by atoms with Gasteiger partial charge < -0.3 is 5.32 Å². The minimum absolute atomic E-state index is 0.0855. The van der Waals surface area contributed by atoms with E-state index in [4.69, 9.17) is 0 Å². The molecular formula is C15H17N3O. The minimum atomic E-state index is -0.0855. The number of amides is 1. The maximum Gasteiger partial charge on any atom is 0.251 e. The SMILES string of the molecule is CCc1cccc(C(=O)NCc2cnc(C)cn2)c1.